The SMILES string of the molecule is c1ccc(C2(CC3CC3)CC2)cc1. The summed E-state index contributed by atoms with van der Waals surface area (Å²) in [5, 5.41) is 0. The number of hydrogen-bond acceptors (Lipinski definition) is 0. The van der Waals surface area contributed by atoms with Gasteiger partial charge in [0.15, 0.2) is 0 Å². The van der Waals surface area contributed by atoms with Crippen molar-refractivity contribution in [2.75, 3.05) is 0 Å². The minimum atomic E-state index is 0.627. The Balaban J connectivity index is 1.82. The lowest BCUT2D eigenvalue weighted by Crippen LogP contribution is -2.06. The van der Waals surface area contributed by atoms with Crippen LogP contribution < -0.4 is 0 Å². The predicted molar refractivity (Wildman–Crippen MR) is 54.7 cm³/mol. The van der Waals surface area contributed by atoms with Crippen LogP contribution in [0.25, 0.3) is 0 Å². The maximum Gasteiger partial charge on any atom is -0.00437 e. The fourth-order valence-corrected chi connectivity index (χ4v) is 2.43. The van der Waals surface area contributed by atoms with Crippen LogP contribution in [0.3, 0.4) is 0 Å². The molecule has 13 heavy (non-hydrogen) atoms. The topological polar surface area (TPSA) is 0 Å². The van der Waals surface area contributed by atoms with Gasteiger partial charge >= 0.3 is 0 Å². The van der Waals surface area contributed by atoms with Crippen molar-refractivity contribution in [3.8, 4) is 0 Å². The quantitative estimate of drug-likeness (QED) is 0.654. The summed E-state index contributed by atoms with van der Waals surface area (Å²) >= 11 is 0. The van der Waals surface area contributed by atoms with E-state index in [4.69, 9.17) is 0 Å². The molecule has 0 spiro atoms. The van der Waals surface area contributed by atoms with Crippen molar-refractivity contribution in [3.63, 3.8) is 0 Å². The lowest BCUT2D eigenvalue weighted by Gasteiger charge is -2.14. The van der Waals surface area contributed by atoms with Gasteiger partial charge in [-0.05, 0) is 36.2 Å². The highest BCUT2D eigenvalue weighted by molar-refractivity contribution is 5.31. The van der Waals surface area contributed by atoms with Gasteiger partial charge in [0.1, 0.15) is 0 Å². The van der Waals surface area contributed by atoms with Gasteiger partial charge in [-0.2, -0.15) is 0 Å². The van der Waals surface area contributed by atoms with E-state index in [9.17, 15) is 0 Å². The van der Waals surface area contributed by atoms with Gasteiger partial charge in [-0.1, -0.05) is 43.2 Å². The van der Waals surface area contributed by atoms with E-state index in [0.717, 1.165) is 5.92 Å². The molecule has 2 fully saturated rings. The molecule has 0 aromatic heterocycles. The first-order valence-electron chi connectivity index (χ1n) is 5.45. The van der Waals surface area contributed by atoms with Gasteiger partial charge in [-0.3, -0.25) is 0 Å². The molecule has 0 N–H and O–H groups in total. The average Bonchev–Trinajstić information content (AvgIpc) is 3.05. The Morgan fingerprint density at radius 2 is 1.77 bits per heavy atom. The van der Waals surface area contributed by atoms with E-state index in [1.807, 2.05) is 0 Å². The van der Waals surface area contributed by atoms with Crippen LogP contribution in [0, 0.1) is 5.92 Å². The Kier molecular flexibility index (Phi) is 1.52. The van der Waals surface area contributed by atoms with Gasteiger partial charge < -0.3 is 0 Å². The second kappa shape index (κ2) is 2.60. The Labute approximate surface area is 80.0 Å². The van der Waals surface area contributed by atoms with E-state index in [2.05, 4.69) is 30.3 Å². The molecule has 0 heterocycles. The van der Waals surface area contributed by atoms with E-state index in [0.29, 0.717) is 5.41 Å². The summed E-state index contributed by atoms with van der Waals surface area (Å²) in [5.74, 6) is 1.07. The van der Waals surface area contributed by atoms with Crippen LogP contribution in [-0.2, 0) is 5.41 Å². The van der Waals surface area contributed by atoms with Crippen LogP contribution in [0.5, 0.6) is 0 Å². The molecule has 2 saturated carbocycles. The van der Waals surface area contributed by atoms with E-state index in [1.54, 1.807) is 5.56 Å². The van der Waals surface area contributed by atoms with Crippen LogP contribution in [0.2, 0.25) is 0 Å². The van der Waals surface area contributed by atoms with Gasteiger partial charge in [0.05, 0.1) is 0 Å². The first-order chi connectivity index (χ1) is 6.39. The van der Waals surface area contributed by atoms with E-state index in [-0.39, 0.29) is 0 Å². The van der Waals surface area contributed by atoms with Gasteiger partial charge in [0.2, 0.25) is 0 Å². The lowest BCUT2D eigenvalue weighted by molar-refractivity contribution is 0.567. The molecule has 1 aromatic rings. The van der Waals surface area contributed by atoms with Crippen LogP contribution in [0.4, 0.5) is 0 Å². The van der Waals surface area contributed by atoms with Crippen LogP contribution in [0.1, 0.15) is 37.7 Å². The van der Waals surface area contributed by atoms with Crippen molar-refractivity contribution in [1.29, 1.82) is 0 Å². The molecule has 0 nitrogen and oxygen atoms in total. The summed E-state index contributed by atoms with van der Waals surface area (Å²) < 4.78 is 0. The van der Waals surface area contributed by atoms with Gasteiger partial charge in [-0.25, -0.2) is 0 Å². The molecule has 0 bridgehead atoms. The number of benzene rings is 1. The third-order valence-electron chi connectivity index (χ3n) is 3.62. The smallest absolute Gasteiger partial charge is 0.00437 e. The average molecular weight is 172 g/mol. The molecule has 0 saturated heterocycles. The molecule has 0 aliphatic heterocycles. The fraction of sp³-hybridized carbons (Fsp3) is 0.538. The molecular formula is C13H16. The first-order valence-corrected chi connectivity index (χ1v) is 5.45. The van der Waals surface area contributed by atoms with E-state index >= 15 is 0 Å². The van der Waals surface area contributed by atoms with E-state index < -0.39 is 0 Å². The van der Waals surface area contributed by atoms with E-state index in [1.165, 1.54) is 32.1 Å². The Bertz CT molecular complexity index is 291. The molecule has 68 valence electrons. The number of hydrogen-bond donors (Lipinski definition) is 0. The predicted octanol–water partition coefficient (Wildman–Crippen LogP) is 3.52. The fourth-order valence-electron chi connectivity index (χ4n) is 2.43. The van der Waals surface area contributed by atoms with Crippen LogP contribution in [-0.4, -0.2) is 0 Å². The maximum atomic E-state index is 2.31. The Hall–Kier alpha value is -0.780. The second-order valence-electron chi connectivity index (χ2n) is 4.79. The summed E-state index contributed by atoms with van der Waals surface area (Å²) in [4.78, 5) is 0. The molecule has 0 heteroatoms. The highest BCUT2D eigenvalue weighted by Crippen LogP contribution is 2.56. The second-order valence-corrected chi connectivity index (χ2v) is 4.79. The van der Waals surface area contributed by atoms with Crippen molar-refractivity contribution >= 4 is 0 Å². The third-order valence-corrected chi connectivity index (χ3v) is 3.62. The van der Waals surface area contributed by atoms with Gasteiger partial charge in [0.25, 0.3) is 0 Å². The van der Waals surface area contributed by atoms with Crippen molar-refractivity contribution in [1.82, 2.24) is 0 Å². The molecule has 0 atom stereocenters. The van der Waals surface area contributed by atoms with Crippen molar-refractivity contribution in [3.05, 3.63) is 35.9 Å². The van der Waals surface area contributed by atoms with Crippen molar-refractivity contribution < 1.29 is 0 Å². The van der Waals surface area contributed by atoms with Crippen LogP contribution >= 0.6 is 0 Å². The normalized spacial score (nSPS) is 24.3. The standard InChI is InChI=1S/C13H16/c1-2-4-12(5-3-1)13(8-9-13)10-11-6-7-11/h1-5,11H,6-10H2. The zero-order valence-electron chi connectivity index (χ0n) is 8.00. The third kappa shape index (κ3) is 1.39. The summed E-state index contributed by atoms with van der Waals surface area (Å²) in [6, 6.07) is 11.1. The monoisotopic (exact) mass is 172 g/mol. The summed E-state index contributed by atoms with van der Waals surface area (Å²) in [5.41, 5.74) is 2.23. The zero-order valence-corrected chi connectivity index (χ0v) is 8.00. The largest absolute Gasteiger partial charge is 0.0622 e. The molecule has 1 aromatic carbocycles. The lowest BCUT2D eigenvalue weighted by atomic mass is 9.90. The molecule has 0 radical (unpaired) electrons. The van der Waals surface area contributed by atoms with Gasteiger partial charge in [-0.15, -0.1) is 0 Å². The number of rotatable bonds is 3. The minimum Gasteiger partial charge on any atom is -0.0622 e. The summed E-state index contributed by atoms with van der Waals surface area (Å²) in [7, 11) is 0. The van der Waals surface area contributed by atoms with Crippen molar-refractivity contribution in [2.45, 2.75) is 37.5 Å². The Morgan fingerprint density at radius 3 is 2.31 bits per heavy atom. The van der Waals surface area contributed by atoms with Gasteiger partial charge in [0, 0.05) is 0 Å². The van der Waals surface area contributed by atoms with Crippen LogP contribution in [0.15, 0.2) is 30.3 Å². The van der Waals surface area contributed by atoms with Crippen molar-refractivity contribution in [2.24, 2.45) is 5.92 Å². The minimum absolute atomic E-state index is 0.627. The summed E-state index contributed by atoms with van der Waals surface area (Å²) in [6.45, 7) is 0. The molecule has 2 aliphatic rings. The molecule has 0 amide bonds. The maximum absolute atomic E-state index is 2.31. The molecular weight excluding hydrogens is 156 g/mol. The highest BCUT2D eigenvalue weighted by atomic mass is 14.5. The zero-order chi connectivity index (χ0) is 8.73. The molecule has 3 rings (SSSR count). The highest BCUT2D eigenvalue weighted by Gasteiger charge is 2.47. The summed E-state index contributed by atoms with van der Waals surface area (Å²) in [6.07, 6.45) is 7.33. The molecule has 0 unspecified atom stereocenters. The first kappa shape index (κ1) is 7.61. The Morgan fingerprint density at radius 1 is 1.08 bits per heavy atom. The molecule has 2 aliphatic carbocycles.